The van der Waals surface area contributed by atoms with Crippen molar-refractivity contribution in [3.63, 3.8) is 0 Å². The fourth-order valence-electron chi connectivity index (χ4n) is 5.26. The first kappa shape index (κ1) is 29.5. The van der Waals surface area contributed by atoms with Gasteiger partial charge in [-0.1, -0.05) is 18.6 Å². The minimum absolute atomic E-state index is 0.101. The van der Waals surface area contributed by atoms with Gasteiger partial charge in [-0.15, -0.1) is 0 Å². The van der Waals surface area contributed by atoms with E-state index < -0.39 is 52.0 Å². The minimum Gasteiger partial charge on any atom is -0.444 e. The van der Waals surface area contributed by atoms with Crippen molar-refractivity contribution in [3.8, 4) is 5.69 Å². The average Bonchev–Trinajstić information content (AvgIpc) is 3.17. The van der Waals surface area contributed by atoms with Gasteiger partial charge in [0.25, 0.3) is 0 Å². The quantitative estimate of drug-likeness (QED) is 0.350. The number of hydrogen-bond donors (Lipinski definition) is 1. The monoisotopic (exact) mass is 591 g/mol. The van der Waals surface area contributed by atoms with Gasteiger partial charge in [-0.25, -0.2) is 23.6 Å². The molecule has 0 bridgehead atoms. The molecule has 0 unspecified atom stereocenters. The summed E-state index contributed by atoms with van der Waals surface area (Å²) in [7, 11) is 1.39. The number of rotatable bonds is 3. The van der Waals surface area contributed by atoms with Crippen LogP contribution in [0, 0.1) is 11.6 Å². The maximum Gasteiger partial charge on any atom is 0.421 e. The largest absolute Gasteiger partial charge is 0.444 e. The fraction of sp³-hybridized carbons (Fsp3) is 0.448. The number of ether oxygens (including phenoxy) is 1. The first-order valence-corrected chi connectivity index (χ1v) is 13.4. The Morgan fingerprint density at radius 2 is 1.81 bits per heavy atom. The van der Waals surface area contributed by atoms with Crippen molar-refractivity contribution in [1.29, 1.82) is 0 Å². The Morgan fingerprint density at radius 3 is 2.40 bits per heavy atom. The molecule has 1 N–H and O–H groups in total. The normalized spacial score (nSPS) is 20.0. The number of fused-ring (bicyclic) bond motifs is 1. The zero-order chi connectivity index (χ0) is 30.8. The van der Waals surface area contributed by atoms with Crippen molar-refractivity contribution in [2.24, 2.45) is 4.99 Å². The van der Waals surface area contributed by atoms with Crippen molar-refractivity contribution in [3.05, 3.63) is 58.9 Å². The second kappa shape index (κ2) is 10.1. The molecule has 2 heterocycles. The molecule has 0 saturated heterocycles. The van der Waals surface area contributed by atoms with Crippen LogP contribution in [0.25, 0.3) is 16.7 Å². The summed E-state index contributed by atoms with van der Waals surface area (Å²) in [4.78, 5) is 35.4. The maximum absolute atomic E-state index is 16.6. The Balaban J connectivity index is 1.69. The van der Waals surface area contributed by atoms with E-state index in [2.05, 4.69) is 15.3 Å². The van der Waals surface area contributed by atoms with Gasteiger partial charge in [-0.3, -0.25) is 19.6 Å². The number of imidazole rings is 1. The number of nitrogens with zero attached hydrogens (tertiary/aromatic N) is 4. The van der Waals surface area contributed by atoms with E-state index in [9.17, 15) is 27.2 Å². The average molecular weight is 592 g/mol. The number of amides is 2. The molecule has 0 radical (unpaired) electrons. The van der Waals surface area contributed by atoms with Crippen molar-refractivity contribution in [1.82, 2.24) is 19.8 Å². The van der Waals surface area contributed by atoms with Gasteiger partial charge < -0.3 is 4.74 Å². The van der Waals surface area contributed by atoms with Gasteiger partial charge in [0.1, 0.15) is 22.8 Å². The molecule has 1 saturated carbocycles. The highest BCUT2D eigenvalue weighted by Gasteiger charge is 2.42. The minimum atomic E-state index is -5.08. The van der Waals surface area contributed by atoms with Crippen LogP contribution in [0.4, 0.5) is 26.7 Å². The van der Waals surface area contributed by atoms with Crippen molar-refractivity contribution < 1.29 is 36.3 Å². The lowest BCUT2D eigenvalue weighted by Crippen LogP contribution is -2.52. The number of carbonyl (C=O) groups excluding carboxylic acids is 2. The summed E-state index contributed by atoms with van der Waals surface area (Å²) in [6, 6.07) is 5.95. The summed E-state index contributed by atoms with van der Waals surface area (Å²) in [5, 5.41) is 2.43. The summed E-state index contributed by atoms with van der Waals surface area (Å²) in [5.74, 6) is -3.17. The lowest BCUT2D eigenvalue weighted by molar-refractivity contribution is -0.138. The molecule has 1 atom stereocenters. The Labute approximate surface area is 238 Å². The number of benzene rings is 2. The number of alkyl halides is 3. The molecule has 0 spiro atoms. The molecule has 224 valence electrons. The van der Waals surface area contributed by atoms with Crippen LogP contribution in [0.1, 0.15) is 76.2 Å². The van der Waals surface area contributed by atoms with Gasteiger partial charge >= 0.3 is 12.3 Å². The molecule has 5 rings (SSSR count). The number of aliphatic imine (C=N–C) groups is 1. The Hall–Kier alpha value is -4.03. The number of halogens is 5. The van der Waals surface area contributed by atoms with Crippen LogP contribution in [0.5, 0.6) is 0 Å². The van der Waals surface area contributed by atoms with Crippen LogP contribution >= 0.6 is 0 Å². The second-order valence-electron chi connectivity index (χ2n) is 11.8. The van der Waals surface area contributed by atoms with E-state index >= 15 is 4.39 Å². The van der Waals surface area contributed by atoms with Crippen molar-refractivity contribution >= 4 is 29.0 Å². The number of aromatic nitrogens is 2. The molecular weight excluding hydrogens is 561 g/mol. The molecule has 1 aliphatic carbocycles. The van der Waals surface area contributed by atoms with Gasteiger partial charge in [0.15, 0.2) is 5.82 Å². The van der Waals surface area contributed by atoms with E-state index in [1.54, 1.807) is 20.8 Å². The number of nitrogens with one attached hydrogen (secondary N) is 1. The maximum atomic E-state index is 16.6. The molecular formula is C29H30F5N5O3. The molecule has 2 aliphatic rings. The third-order valence-corrected chi connectivity index (χ3v) is 7.50. The summed E-state index contributed by atoms with van der Waals surface area (Å²) in [6.45, 7) is 6.45. The van der Waals surface area contributed by atoms with Crippen LogP contribution in [0.2, 0.25) is 0 Å². The van der Waals surface area contributed by atoms with Crippen LogP contribution in [0.3, 0.4) is 0 Å². The SMILES string of the molecule is CN1C(=O)C[C@@](C)(c2cccc(-n3c(C4CCC4)nc4ccc(F)c(C(F)(F)F)c43)c2F)N=C1NC(=O)OC(C)(C)C. The first-order valence-electron chi connectivity index (χ1n) is 13.4. The molecule has 42 heavy (non-hydrogen) atoms. The number of guanidine groups is 1. The third-order valence-electron chi connectivity index (χ3n) is 7.50. The third kappa shape index (κ3) is 5.20. The number of hydrogen-bond acceptors (Lipinski definition) is 5. The predicted molar refractivity (Wildman–Crippen MR) is 144 cm³/mol. The zero-order valence-electron chi connectivity index (χ0n) is 23.7. The standard InChI is InChI=1S/C29H30F5N5O3/c1-27(2,3)42-26(41)36-25-37-28(4,14-20(40)38(25)5)16-10-7-11-19(22(16)31)39-23-18(35-24(39)15-8-6-9-15)13-12-17(30)21(23)29(32,33)34/h7,10-13,15H,6,8-9,14H2,1-5H3,(H,36,37,41)/t28-/m0/s1. The van der Waals surface area contributed by atoms with Crippen LogP contribution in [-0.4, -0.2) is 45.1 Å². The molecule has 1 fully saturated rings. The van der Waals surface area contributed by atoms with Gasteiger partial charge in [0, 0.05) is 18.5 Å². The fourth-order valence-corrected chi connectivity index (χ4v) is 5.26. The highest BCUT2D eigenvalue weighted by atomic mass is 19.4. The topological polar surface area (TPSA) is 88.8 Å². The van der Waals surface area contributed by atoms with Crippen molar-refractivity contribution in [2.75, 3.05) is 7.05 Å². The lowest BCUT2D eigenvalue weighted by Gasteiger charge is -2.35. The molecule has 3 aromatic rings. The number of carbonyl (C=O) groups is 2. The van der Waals surface area contributed by atoms with Gasteiger partial charge in [0.2, 0.25) is 11.9 Å². The smallest absolute Gasteiger partial charge is 0.421 e. The first-order chi connectivity index (χ1) is 19.5. The van der Waals surface area contributed by atoms with Gasteiger partial charge in [-0.2, -0.15) is 13.2 Å². The lowest BCUT2D eigenvalue weighted by atomic mass is 9.84. The second-order valence-corrected chi connectivity index (χ2v) is 11.8. The summed E-state index contributed by atoms with van der Waals surface area (Å²) < 4.78 is 80.1. The molecule has 13 heteroatoms. The zero-order valence-corrected chi connectivity index (χ0v) is 23.7. The molecule has 2 aromatic carbocycles. The Kier molecular flexibility index (Phi) is 7.05. The highest BCUT2D eigenvalue weighted by molar-refractivity contribution is 6.05. The summed E-state index contributed by atoms with van der Waals surface area (Å²) in [6.07, 6.45) is -4.16. The van der Waals surface area contributed by atoms with Crippen LogP contribution < -0.4 is 5.32 Å². The van der Waals surface area contributed by atoms with E-state index in [0.29, 0.717) is 18.9 Å². The Bertz CT molecular complexity index is 1620. The van der Waals surface area contributed by atoms with E-state index in [4.69, 9.17) is 4.74 Å². The van der Waals surface area contributed by atoms with Gasteiger partial charge in [-0.05, 0) is 58.7 Å². The van der Waals surface area contributed by atoms with Crippen LogP contribution in [0.15, 0.2) is 35.3 Å². The van der Waals surface area contributed by atoms with Gasteiger partial charge in [0.05, 0.1) is 28.7 Å². The van der Waals surface area contributed by atoms with E-state index in [1.165, 1.54) is 32.2 Å². The van der Waals surface area contributed by atoms with Crippen molar-refractivity contribution in [2.45, 2.75) is 76.6 Å². The predicted octanol–water partition coefficient (Wildman–Crippen LogP) is 6.55. The van der Waals surface area contributed by atoms with Crippen LogP contribution in [-0.2, 0) is 21.2 Å². The summed E-state index contributed by atoms with van der Waals surface area (Å²) >= 11 is 0. The van der Waals surface area contributed by atoms with E-state index in [-0.39, 0.29) is 40.9 Å². The van der Waals surface area contributed by atoms with E-state index in [0.717, 1.165) is 22.0 Å². The Morgan fingerprint density at radius 1 is 1.12 bits per heavy atom. The van der Waals surface area contributed by atoms with E-state index in [1.807, 2.05) is 0 Å². The molecule has 8 nitrogen and oxygen atoms in total. The number of alkyl carbamates (subject to hydrolysis) is 1. The molecule has 1 aromatic heterocycles. The summed E-state index contributed by atoms with van der Waals surface area (Å²) in [5.41, 5.74) is -5.01. The molecule has 2 amide bonds. The highest BCUT2D eigenvalue weighted by Crippen LogP contribution is 2.44. The molecule has 1 aliphatic heterocycles.